The van der Waals surface area contributed by atoms with Crippen molar-refractivity contribution in [2.45, 2.75) is 13.3 Å². The standard InChI is InChI=1S/C22H28N4O3/c1-3-21(27)23-17-7-6-8-18(15-17)24-22(28)16-25-11-13-26(14-12-25)19-9-4-5-10-20(19)29-2/h4-10,15H,3,11-14,16H2,1-2H3,(H,23,27)(H,24,28)/p+1. The van der Waals surface area contributed by atoms with Crippen LogP contribution in [0.15, 0.2) is 48.5 Å². The van der Waals surface area contributed by atoms with E-state index in [-0.39, 0.29) is 11.8 Å². The van der Waals surface area contributed by atoms with Crippen LogP contribution in [0, 0.1) is 0 Å². The Morgan fingerprint density at radius 1 is 1.00 bits per heavy atom. The highest BCUT2D eigenvalue weighted by molar-refractivity contribution is 5.94. The van der Waals surface area contributed by atoms with Gasteiger partial charge in [-0.05, 0) is 30.3 Å². The number of carbonyl (C=O) groups is 2. The molecule has 0 spiro atoms. The molecule has 1 aliphatic rings. The van der Waals surface area contributed by atoms with E-state index < -0.39 is 0 Å². The largest absolute Gasteiger partial charge is 0.495 e. The second-order valence-electron chi connectivity index (χ2n) is 7.12. The van der Waals surface area contributed by atoms with Crippen molar-refractivity contribution in [1.29, 1.82) is 0 Å². The summed E-state index contributed by atoms with van der Waals surface area (Å²) in [5, 5.41) is 5.74. The molecule has 154 valence electrons. The summed E-state index contributed by atoms with van der Waals surface area (Å²) < 4.78 is 5.46. The second kappa shape index (κ2) is 9.93. The maximum atomic E-state index is 12.5. The van der Waals surface area contributed by atoms with Crippen molar-refractivity contribution in [2.75, 3.05) is 55.4 Å². The fourth-order valence-corrected chi connectivity index (χ4v) is 3.49. The van der Waals surface area contributed by atoms with Crippen LogP contribution in [0.4, 0.5) is 17.1 Å². The quantitative estimate of drug-likeness (QED) is 0.660. The number of anilines is 3. The lowest BCUT2D eigenvalue weighted by molar-refractivity contribution is -0.892. The van der Waals surface area contributed by atoms with E-state index in [0.29, 0.717) is 24.3 Å². The molecule has 3 rings (SSSR count). The summed E-state index contributed by atoms with van der Waals surface area (Å²) in [6.45, 7) is 5.75. The van der Waals surface area contributed by atoms with Gasteiger partial charge in [0, 0.05) is 17.8 Å². The zero-order valence-electron chi connectivity index (χ0n) is 17.0. The molecule has 0 saturated carbocycles. The molecule has 1 aliphatic heterocycles. The number of ether oxygens (including phenoxy) is 1. The molecule has 1 heterocycles. The number of hydrogen-bond acceptors (Lipinski definition) is 4. The minimum Gasteiger partial charge on any atom is -0.495 e. The third kappa shape index (κ3) is 5.71. The van der Waals surface area contributed by atoms with Crippen LogP contribution in [0.5, 0.6) is 5.75 Å². The van der Waals surface area contributed by atoms with E-state index in [1.165, 1.54) is 4.90 Å². The van der Waals surface area contributed by atoms with Crippen molar-refractivity contribution in [1.82, 2.24) is 0 Å². The molecule has 1 saturated heterocycles. The first kappa shape index (κ1) is 20.7. The molecule has 0 unspecified atom stereocenters. The van der Waals surface area contributed by atoms with E-state index >= 15 is 0 Å². The predicted octanol–water partition coefficient (Wildman–Crippen LogP) is 1.39. The normalized spacial score (nSPS) is 14.3. The number of benzene rings is 2. The first-order valence-electron chi connectivity index (χ1n) is 10.0. The average Bonchev–Trinajstić information content (AvgIpc) is 2.74. The van der Waals surface area contributed by atoms with Crippen molar-refractivity contribution in [2.24, 2.45) is 0 Å². The van der Waals surface area contributed by atoms with Crippen LogP contribution in [-0.2, 0) is 9.59 Å². The van der Waals surface area contributed by atoms with Crippen LogP contribution in [0.3, 0.4) is 0 Å². The molecule has 0 bridgehead atoms. The van der Waals surface area contributed by atoms with Crippen molar-refractivity contribution in [3.8, 4) is 5.75 Å². The summed E-state index contributed by atoms with van der Waals surface area (Å²) in [6, 6.07) is 15.3. The highest BCUT2D eigenvalue weighted by Gasteiger charge is 2.23. The number of nitrogens with zero attached hydrogens (tertiary/aromatic N) is 1. The summed E-state index contributed by atoms with van der Waals surface area (Å²) in [5.41, 5.74) is 2.48. The summed E-state index contributed by atoms with van der Waals surface area (Å²) in [6.07, 6.45) is 0.417. The number of methoxy groups -OCH3 is 1. The second-order valence-corrected chi connectivity index (χ2v) is 7.12. The third-order valence-corrected chi connectivity index (χ3v) is 5.06. The number of para-hydroxylation sites is 2. The van der Waals surface area contributed by atoms with Crippen molar-refractivity contribution < 1.29 is 19.2 Å². The van der Waals surface area contributed by atoms with Crippen molar-refractivity contribution >= 4 is 28.9 Å². The van der Waals surface area contributed by atoms with Gasteiger partial charge < -0.3 is 25.2 Å². The van der Waals surface area contributed by atoms with Gasteiger partial charge in [-0.1, -0.05) is 25.1 Å². The van der Waals surface area contributed by atoms with Gasteiger partial charge in [0.2, 0.25) is 5.91 Å². The van der Waals surface area contributed by atoms with Gasteiger partial charge in [0.15, 0.2) is 6.54 Å². The highest BCUT2D eigenvalue weighted by atomic mass is 16.5. The summed E-state index contributed by atoms with van der Waals surface area (Å²) in [5.74, 6) is 0.805. The zero-order chi connectivity index (χ0) is 20.6. The van der Waals surface area contributed by atoms with Gasteiger partial charge in [0.05, 0.1) is 39.0 Å². The van der Waals surface area contributed by atoms with E-state index in [2.05, 4.69) is 21.6 Å². The minimum absolute atomic E-state index is 0.0234. The van der Waals surface area contributed by atoms with E-state index in [1.807, 2.05) is 36.4 Å². The minimum atomic E-state index is -0.0501. The van der Waals surface area contributed by atoms with Crippen LogP contribution in [0.25, 0.3) is 0 Å². The van der Waals surface area contributed by atoms with Crippen LogP contribution >= 0.6 is 0 Å². The van der Waals surface area contributed by atoms with Gasteiger partial charge in [-0.25, -0.2) is 0 Å². The zero-order valence-corrected chi connectivity index (χ0v) is 17.0. The Bertz CT molecular complexity index is 847. The summed E-state index contributed by atoms with van der Waals surface area (Å²) in [4.78, 5) is 27.6. The molecule has 29 heavy (non-hydrogen) atoms. The third-order valence-electron chi connectivity index (χ3n) is 5.06. The van der Waals surface area contributed by atoms with Crippen LogP contribution in [-0.4, -0.2) is 51.6 Å². The first-order valence-corrected chi connectivity index (χ1v) is 10.0. The number of amides is 2. The Morgan fingerprint density at radius 2 is 1.66 bits per heavy atom. The van der Waals surface area contributed by atoms with Gasteiger partial charge in [-0.15, -0.1) is 0 Å². The van der Waals surface area contributed by atoms with E-state index in [4.69, 9.17) is 4.74 Å². The fourth-order valence-electron chi connectivity index (χ4n) is 3.49. The Balaban J connectivity index is 1.50. The van der Waals surface area contributed by atoms with Gasteiger partial charge in [0.25, 0.3) is 5.91 Å². The van der Waals surface area contributed by atoms with Gasteiger partial charge in [0.1, 0.15) is 5.75 Å². The molecule has 7 heteroatoms. The lowest BCUT2D eigenvalue weighted by atomic mass is 10.2. The number of nitrogens with one attached hydrogen (secondary N) is 3. The number of rotatable bonds is 7. The number of carbonyl (C=O) groups excluding carboxylic acids is 2. The first-order chi connectivity index (χ1) is 14.1. The van der Waals surface area contributed by atoms with Gasteiger partial charge in [-0.2, -0.15) is 0 Å². The molecule has 3 N–H and O–H groups in total. The van der Waals surface area contributed by atoms with E-state index in [0.717, 1.165) is 37.6 Å². The smallest absolute Gasteiger partial charge is 0.279 e. The Hall–Kier alpha value is -3.06. The van der Waals surface area contributed by atoms with Crippen LogP contribution in [0.1, 0.15) is 13.3 Å². The lowest BCUT2D eigenvalue weighted by Crippen LogP contribution is -3.15. The fraction of sp³-hybridized carbons (Fsp3) is 0.364. The van der Waals surface area contributed by atoms with Crippen LogP contribution < -0.4 is 25.2 Å². The monoisotopic (exact) mass is 397 g/mol. The average molecular weight is 397 g/mol. The lowest BCUT2D eigenvalue weighted by Gasteiger charge is -2.34. The van der Waals surface area contributed by atoms with Crippen molar-refractivity contribution in [3.63, 3.8) is 0 Å². The molecule has 0 aliphatic carbocycles. The van der Waals surface area contributed by atoms with Gasteiger partial charge >= 0.3 is 0 Å². The molecule has 7 nitrogen and oxygen atoms in total. The predicted molar refractivity (Wildman–Crippen MR) is 115 cm³/mol. The molecule has 1 fully saturated rings. The number of quaternary nitrogens is 1. The maximum Gasteiger partial charge on any atom is 0.279 e. The summed E-state index contributed by atoms with van der Waals surface area (Å²) in [7, 11) is 1.69. The van der Waals surface area contributed by atoms with Crippen LogP contribution in [0.2, 0.25) is 0 Å². The highest BCUT2D eigenvalue weighted by Crippen LogP contribution is 2.27. The summed E-state index contributed by atoms with van der Waals surface area (Å²) >= 11 is 0. The molecule has 2 amide bonds. The molecular weight excluding hydrogens is 368 g/mol. The molecule has 2 aromatic carbocycles. The SMILES string of the molecule is CCC(=O)Nc1cccc(NC(=O)C[NH+]2CCN(c3ccccc3OC)CC2)c1. The molecular formula is C22H29N4O3+. The number of hydrogen-bond donors (Lipinski definition) is 3. The number of piperazine rings is 1. The molecule has 0 atom stereocenters. The maximum absolute atomic E-state index is 12.5. The molecule has 2 aromatic rings. The topological polar surface area (TPSA) is 75.1 Å². The van der Waals surface area contributed by atoms with Crippen molar-refractivity contribution in [3.05, 3.63) is 48.5 Å². The molecule has 0 radical (unpaired) electrons. The molecule has 0 aromatic heterocycles. The Labute approximate surface area is 171 Å². The van der Waals surface area contributed by atoms with Gasteiger partial charge in [-0.3, -0.25) is 9.59 Å². The van der Waals surface area contributed by atoms with E-state index in [9.17, 15) is 9.59 Å². The Morgan fingerprint density at radius 3 is 2.31 bits per heavy atom. The van der Waals surface area contributed by atoms with E-state index in [1.54, 1.807) is 20.1 Å². The Kier molecular flexibility index (Phi) is 7.08.